The summed E-state index contributed by atoms with van der Waals surface area (Å²) in [5.41, 5.74) is 12.7. The Labute approximate surface area is 306 Å². The van der Waals surface area contributed by atoms with Crippen molar-refractivity contribution in [1.82, 2.24) is 9.13 Å². The van der Waals surface area contributed by atoms with Gasteiger partial charge in [-0.2, -0.15) is 0 Å². The van der Waals surface area contributed by atoms with Crippen LogP contribution in [0.15, 0.2) is 152 Å². The summed E-state index contributed by atoms with van der Waals surface area (Å²) in [7, 11) is 0. The highest BCUT2D eigenvalue weighted by Crippen LogP contribution is 2.53. The number of aromatic nitrogens is 2. The molecule has 0 amide bonds. The molecule has 0 spiro atoms. The van der Waals surface area contributed by atoms with Gasteiger partial charge in [0.25, 0.3) is 0 Å². The van der Waals surface area contributed by atoms with Gasteiger partial charge >= 0.3 is 0 Å². The van der Waals surface area contributed by atoms with E-state index in [4.69, 9.17) is 0 Å². The Bertz CT molecular complexity index is 3000. The SMILES string of the molecule is CC1(C)c2sc(C3C=c4c(n(-c5ccccc5)c5ccccc45)=CC3)cc2-n2c3ccc(-c4ccccc4)cc3c3cc(-c4ccccc4)cc1c32. The number of para-hydroxylation sites is 2. The molecule has 6 aromatic carbocycles. The van der Waals surface area contributed by atoms with Gasteiger partial charge in [0.15, 0.2) is 0 Å². The van der Waals surface area contributed by atoms with Crippen LogP contribution in [0.3, 0.4) is 0 Å². The second-order valence-electron chi connectivity index (χ2n) is 14.9. The van der Waals surface area contributed by atoms with E-state index >= 15 is 0 Å². The average Bonchev–Trinajstić information content (AvgIpc) is 3.89. The summed E-state index contributed by atoms with van der Waals surface area (Å²) in [6.07, 6.45) is 6.01. The van der Waals surface area contributed by atoms with Gasteiger partial charge < -0.3 is 9.13 Å². The van der Waals surface area contributed by atoms with Crippen LogP contribution >= 0.6 is 11.3 Å². The minimum absolute atomic E-state index is 0.166. The lowest BCUT2D eigenvalue weighted by molar-refractivity contribution is 0.646. The van der Waals surface area contributed by atoms with E-state index in [0.717, 1.165) is 6.42 Å². The number of fused-ring (bicyclic) bond motifs is 8. The summed E-state index contributed by atoms with van der Waals surface area (Å²) in [5, 5.41) is 6.60. The van der Waals surface area contributed by atoms with Crippen molar-refractivity contribution in [3.63, 3.8) is 0 Å². The molecule has 9 aromatic rings. The van der Waals surface area contributed by atoms with E-state index in [1.807, 2.05) is 11.3 Å². The zero-order valence-corrected chi connectivity index (χ0v) is 30.0. The summed E-state index contributed by atoms with van der Waals surface area (Å²) in [4.78, 5) is 2.88. The molecule has 1 atom stereocenters. The molecule has 248 valence electrons. The van der Waals surface area contributed by atoms with Crippen LogP contribution in [0, 0.1) is 0 Å². The Hall–Kier alpha value is -5.90. The van der Waals surface area contributed by atoms with E-state index in [9.17, 15) is 0 Å². The zero-order chi connectivity index (χ0) is 34.6. The first-order valence-electron chi connectivity index (χ1n) is 18.3. The van der Waals surface area contributed by atoms with E-state index in [0.29, 0.717) is 5.92 Å². The highest BCUT2D eigenvalue weighted by atomic mass is 32.1. The maximum atomic E-state index is 2.59. The van der Waals surface area contributed by atoms with Crippen LogP contribution in [0.2, 0.25) is 0 Å². The Morgan fingerprint density at radius 3 is 2.00 bits per heavy atom. The minimum Gasteiger partial charge on any atom is -0.310 e. The van der Waals surface area contributed by atoms with Crippen LogP contribution < -0.4 is 10.6 Å². The summed E-state index contributed by atoms with van der Waals surface area (Å²) < 4.78 is 5.02. The molecular formula is C49H36N2S. The van der Waals surface area contributed by atoms with Crippen molar-refractivity contribution in [1.29, 1.82) is 0 Å². The van der Waals surface area contributed by atoms with Crippen molar-refractivity contribution in [2.75, 3.05) is 0 Å². The lowest BCUT2D eigenvalue weighted by atomic mass is 9.78. The maximum Gasteiger partial charge on any atom is 0.0613 e. The van der Waals surface area contributed by atoms with E-state index < -0.39 is 0 Å². The van der Waals surface area contributed by atoms with Gasteiger partial charge in [-0.3, -0.25) is 0 Å². The predicted molar refractivity (Wildman–Crippen MR) is 220 cm³/mol. The molecular weight excluding hydrogens is 649 g/mol. The highest BCUT2D eigenvalue weighted by molar-refractivity contribution is 7.12. The van der Waals surface area contributed by atoms with Crippen molar-refractivity contribution in [2.45, 2.75) is 31.6 Å². The predicted octanol–water partition coefficient (Wildman–Crippen LogP) is 11.5. The summed E-state index contributed by atoms with van der Waals surface area (Å²) in [6.45, 7) is 4.88. The van der Waals surface area contributed by atoms with E-state index in [-0.39, 0.29) is 5.41 Å². The first-order chi connectivity index (χ1) is 25.5. The Morgan fingerprint density at radius 1 is 0.577 bits per heavy atom. The van der Waals surface area contributed by atoms with Crippen molar-refractivity contribution >= 4 is 56.2 Å². The van der Waals surface area contributed by atoms with Crippen molar-refractivity contribution in [3.05, 3.63) is 178 Å². The van der Waals surface area contributed by atoms with Crippen LogP contribution in [0.5, 0.6) is 0 Å². The molecule has 1 aliphatic heterocycles. The minimum atomic E-state index is -0.166. The smallest absolute Gasteiger partial charge is 0.0613 e. The third-order valence-corrected chi connectivity index (χ3v) is 13.1. The van der Waals surface area contributed by atoms with Gasteiger partial charge in [0, 0.05) is 53.5 Å². The van der Waals surface area contributed by atoms with Gasteiger partial charge in [0.05, 0.1) is 22.2 Å². The molecule has 3 heteroatoms. The first kappa shape index (κ1) is 29.8. The molecule has 3 aromatic heterocycles. The number of rotatable bonds is 4. The lowest BCUT2D eigenvalue weighted by Crippen LogP contribution is -2.31. The second-order valence-corrected chi connectivity index (χ2v) is 16.0. The molecule has 0 N–H and O–H groups in total. The average molecular weight is 685 g/mol. The molecule has 1 unspecified atom stereocenters. The summed E-state index contributed by atoms with van der Waals surface area (Å²) >= 11 is 2.01. The number of hydrogen-bond acceptors (Lipinski definition) is 1. The normalized spacial score (nSPS) is 15.7. The molecule has 4 heterocycles. The van der Waals surface area contributed by atoms with Crippen molar-refractivity contribution < 1.29 is 0 Å². The number of nitrogens with zero attached hydrogens (tertiary/aromatic N) is 2. The molecule has 0 radical (unpaired) electrons. The van der Waals surface area contributed by atoms with E-state index in [1.54, 1.807) is 0 Å². The maximum absolute atomic E-state index is 2.59. The molecule has 52 heavy (non-hydrogen) atoms. The van der Waals surface area contributed by atoms with Gasteiger partial charge in [0.2, 0.25) is 0 Å². The monoisotopic (exact) mass is 684 g/mol. The van der Waals surface area contributed by atoms with Gasteiger partial charge in [-0.1, -0.05) is 129 Å². The molecule has 11 rings (SSSR count). The molecule has 0 saturated heterocycles. The molecule has 0 saturated carbocycles. The van der Waals surface area contributed by atoms with E-state index in [1.165, 1.54) is 92.2 Å². The van der Waals surface area contributed by atoms with Crippen LogP contribution in [-0.2, 0) is 5.41 Å². The fourth-order valence-electron chi connectivity index (χ4n) is 9.02. The summed E-state index contributed by atoms with van der Waals surface area (Å²) in [6, 6.07) is 55.9. The Kier molecular flexibility index (Phi) is 6.33. The fraction of sp³-hybridized carbons (Fsp3) is 0.102. The largest absolute Gasteiger partial charge is 0.310 e. The van der Waals surface area contributed by atoms with Gasteiger partial charge in [-0.15, -0.1) is 11.3 Å². The lowest BCUT2D eigenvalue weighted by Gasteiger charge is -2.32. The Morgan fingerprint density at radius 2 is 1.23 bits per heavy atom. The molecule has 2 aliphatic rings. The van der Waals surface area contributed by atoms with Crippen LogP contribution in [0.4, 0.5) is 0 Å². The summed E-state index contributed by atoms with van der Waals surface area (Å²) in [5.74, 6) is 0.305. The quantitative estimate of drug-likeness (QED) is 0.175. The van der Waals surface area contributed by atoms with Gasteiger partial charge in [-0.05, 0) is 82.8 Å². The van der Waals surface area contributed by atoms with Gasteiger partial charge in [-0.25, -0.2) is 0 Å². The fourth-order valence-corrected chi connectivity index (χ4v) is 10.4. The number of benzene rings is 6. The van der Waals surface area contributed by atoms with Crippen molar-refractivity contribution in [2.24, 2.45) is 0 Å². The van der Waals surface area contributed by atoms with Crippen LogP contribution in [0.1, 0.15) is 41.5 Å². The van der Waals surface area contributed by atoms with Crippen molar-refractivity contribution in [3.8, 4) is 33.6 Å². The van der Waals surface area contributed by atoms with Gasteiger partial charge in [0.1, 0.15) is 0 Å². The molecule has 2 nitrogen and oxygen atoms in total. The first-order valence-corrected chi connectivity index (χ1v) is 19.1. The highest BCUT2D eigenvalue weighted by Gasteiger charge is 2.38. The second kappa shape index (κ2) is 11.0. The third-order valence-electron chi connectivity index (χ3n) is 11.6. The number of thiophene rings is 1. The molecule has 0 bridgehead atoms. The van der Waals surface area contributed by atoms with Crippen LogP contribution in [0.25, 0.3) is 78.5 Å². The third kappa shape index (κ3) is 4.23. The van der Waals surface area contributed by atoms with Crippen LogP contribution in [-0.4, -0.2) is 9.13 Å². The zero-order valence-electron chi connectivity index (χ0n) is 29.2. The molecule has 1 aliphatic carbocycles. The molecule has 0 fully saturated rings. The standard InChI is InChI=1S/C49H36N2S/c1-49(2)41-29-35(32-16-8-4-9-17-32)28-40-39-26-33(31-14-6-3-7-15-31)22-24-44(39)51(47(40)41)45-30-46(52-48(45)49)34-23-25-43-38(27-34)37-20-12-13-21-42(37)50(43)36-18-10-5-11-19-36/h3-22,24-30,34H,23H2,1-2H3. The number of hydrogen-bond donors (Lipinski definition) is 0. The van der Waals surface area contributed by atoms with E-state index in [2.05, 4.69) is 187 Å². The Balaban J connectivity index is 1.14. The topological polar surface area (TPSA) is 9.86 Å².